The van der Waals surface area contributed by atoms with E-state index < -0.39 is 0 Å². The fourth-order valence-electron chi connectivity index (χ4n) is 1.42. The van der Waals surface area contributed by atoms with Crippen LogP contribution in [0.25, 0.3) is 0 Å². The van der Waals surface area contributed by atoms with Crippen LogP contribution in [0.15, 0.2) is 0 Å². The largest absolute Gasteiger partial charge is 0.461 e. The van der Waals surface area contributed by atoms with Gasteiger partial charge in [0.1, 0.15) is 0 Å². The van der Waals surface area contributed by atoms with E-state index >= 15 is 0 Å². The van der Waals surface area contributed by atoms with Gasteiger partial charge < -0.3 is 20.9 Å². The van der Waals surface area contributed by atoms with Crippen molar-refractivity contribution in [3.63, 3.8) is 0 Å². The number of aliphatic hydroxyl groups excluding tert-OH is 1. The van der Waals surface area contributed by atoms with Gasteiger partial charge in [-0.2, -0.15) is 15.0 Å². The van der Waals surface area contributed by atoms with Crippen molar-refractivity contribution in [2.24, 2.45) is 5.41 Å². The van der Waals surface area contributed by atoms with Gasteiger partial charge in [-0.05, 0) is 25.7 Å². The number of nitrogens with one attached hydrogen (secondary N) is 1. The molecular weight excluding hydrogens is 246 g/mol. The highest BCUT2D eigenvalue weighted by atomic mass is 16.5. The normalized spacial score (nSPS) is 11.7. The van der Waals surface area contributed by atoms with Crippen molar-refractivity contribution in [3.8, 4) is 6.01 Å². The molecule has 0 spiro atoms. The van der Waals surface area contributed by atoms with E-state index in [-0.39, 0.29) is 30.1 Å². The maximum atomic E-state index is 8.98. The lowest BCUT2D eigenvalue weighted by Crippen LogP contribution is -2.25. The Morgan fingerprint density at radius 1 is 1.32 bits per heavy atom. The van der Waals surface area contributed by atoms with E-state index in [4.69, 9.17) is 15.6 Å². The quantitative estimate of drug-likeness (QED) is 0.679. The number of hydrogen-bond donors (Lipinski definition) is 3. The number of anilines is 2. The van der Waals surface area contributed by atoms with Gasteiger partial charge in [0.15, 0.2) is 0 Å². The van der Waals surface area contributed by atoms with Gasteiger partial charge >= 0.3 is 6.01 Å². The molecule has 19 heavy (non-hydrogen) atoms. The molecule has 0 unspecified atom stereocenters. The number of aromatic nitrogens is 3. The molecule has 0 radical (unpaired) electrons. The summed E-state index contributed by atoms with van der Waals surface area (Å²) in [7, 11) is 0. The minimum absolute atomic E-state index is 0.0273. The summed E-state index contributed by atoms with van der Waals surface area (Å²) in [6, 6.07) is 0.213. The van der Waals surface area contributed by atoms with Crippen LogP contribution in [0.5, 0.6) is 6.01 Å². The van der Waals surface area contributed by atoms with Crippen LogP contribution in [0.2, 0.25) is 0 Å². The van der Waals surface area contributed by atoms with Crippen LogP contribution in [0.1, 0.15) is 34.1 Å². The molecule has 0 aliphatic carbocycles. The minimum Gasteiger partial charge on any atom is -0.461 e. The Bertz CT molecular complexity index is 409. The van der Waals surface area contributed by atoms with Gasteiger partial charge in [-0.25, -0.2) is 0 Å². The number of nitrogens with two attached hydrogens (primary N) is 1. The lowest BCUT2D eigenvalue weighted by molar-refractivity contribution is 0.218. The molecule has 0 aromatic carbocycles. The van der Waals surface area contributed by atoms with Gasteiger partial charge in [-0.1, -0.05) is 13.8 Å². The predicted octanol–water partition coefficient (Wildman–Crippen LogP) is 1.06. The molecule has 0 amide bonds. The molecular formula is C12H23N5O2. The van der Waals surface area contributed by atoms with Gasteiger partial charge in [0.25, 0.3) is 0 Å². The molecule has 0 aliphatic heterocycles. The zero-order valence-electron chi connectivity index (χ0n) is 12.0. The second-order valence-electron chi connectivity index (χ2n) is 5.46. The molecule has 0 aliphatic rings. The molecule has 1 aromatic heterocycles. The summed E-state index contributed by atoms with van der Waals surface area (Å²) in [5, 5.41) is 12.1. The Hall–Kier alpha value is -1.63. The van der Waals surface area contributed by atoms with Crippen molar-refractivity contribution in [1.29, 1.82) is 0 Å². The van der Waals surface area contributed by atoms with Crippen molar-refractivity contribution in [1.82, 2.24) is 15.0 Å². The topological polar surface area (TPSA) is 106 Å². The summed E-state index contributed by atoms with van der Waals surface area (Å²) in [4.78, 5) is 12.1. The molecule has 0 bridgehead atoms. The third kappa shape index (κ3) is 5.69. The zero-order chi connectivity index (χ0) is 14.5. The first-order chi connectivity index (χ1) is 8.82. The average Bonchev–Trinajstić information content (AvgIpc) is 2.24. The van der Waals surface area contributed by atoms with Crippen molar-refractivity contribution in [3.05, 3.63) is 0 Å². The Kier molecular flexibility index (Phi) is 5.29. The molecule has 0 saturated carbocycles. The molecule has 7 nitrogen and oxygen atoms in total. The minimum atomic E-state index is -0.0603. The molecule has 0 atom stereocenters. The fourth-order valence-corrected chi connectivity index (χ4v) is 1.42. The van der Waals surface area contributed by atoms with Gasteiger partial charge in [-0.15, -0.1) is 0 Å². The van der Waals surface area contributed by atoms with Gasteiger partial charge in [0, 0.05) is 13.2 Å². The van der Waals surface area contributed by atoms with Crippen molar-refractivity contribution < 1.29 is 9.84 Å². The summed E-state index contributed by atoms with van der Waals surface area (Å²) >= 11 is 0. The summed E-state index contributed by atoms with van der Waals surface area (Å²) in [6.07, 6.45) is 0.663. The molecule has 0 fully saturated rings. The molecule has 0 saturated heterocycles. The summed E-state index contributed by atoms with van der Waals surface area (Å²) in [5.41, 5.74) is 5.55. The van der Waals surface area contributed by atoms with Gasteiger partial charge in [-0.3, -0.25) is 0 Å². The molecule has 1 aromatic rings. The second-order valence-corrected chi connectivity index (χ2v) is 5.46. The van der Waals surface area contributed by atoms with E-state index in [0.29, 0.717) is 18.9 Å². The first kappa shape index (κ1) is 15.4. The first-order valence-electron chi connectivity index (χ1n) is 6.35. The van der Waals surface area contributed by atoms with Crippen molar-refractivity contribution in [2.45, 2.75) is 40.2 Å². The maximum Gasteiger partial charge on any atom is 0.323 e. The highest BCUT2D eigenvalue weighted by Gasteiger charge is 2.18. The Balaban J connectivity index is 2.70. The molecule has 4 N–H and O–H groups in total. The van der Waals surface area contributed by atoms with Crippen LogP contribution in [0.3, 0.4) is 0 Å². The number of ether oxygens (including phenoxy) is 1. The Morgan fingerprint density at radius 2 is 2.00 bits per heavy atom. The molecule has 1 rings (SSSR count). The summed E-state index contributed by atoms with van der Waals surface area (Å²) in [5.74, 6) is 0.502. The lowest BCUT2D eigenvalue weighted by atomic mass is 9.90. The Morgan fingerprint density at radius 3 is 2.58 bits per heavy atom. The van der Waals surface area contributed by atoms with E-state index in [9.17, 15) is 0 Å². The smallest absolute Gasteiger partial charge is 0.323 e. The lowest BCUT2D eigenvalue weighted by Gasteiger charge is -2.23. The van der Waals surface area contributed by atoms with E-state index in [1.54, 1.807) is 0 Å². The maximum absolute atomic E-state index is 8.98. The van der Waals surface area contributed by atoms with Crippen molar-refractivity contribution in [2.75, 3.05) is 24.2 Å². The van der Waals surface area contributed by atoms with Crippen molar-refractivity contribution >= 4 is 11.9 Å². The molecule has 1 heterocycles. The number of hydrogen-bond acceptors (Lipinski definition) is 7. The average molecular weight is 269 g/mol. The van der Waals surface area contributed by atoms with E-state index in [1.165, 1.54) is 0 Å². The van der Waals surface area contributed by atoms with Crippen LogP contribution in [0, 0.1) is 5.41 Å². The number of nitrogen functional groups attached to an aromatic ring is 1. The molecule has 7 heteroatoms. The van der Waals surface area contributed by atoms with Gasteiger partial charge in [0.05, 0.1) is 6.10 Å². The van der Waals surface area contributed by atoms with Crippen LogP contribution >= 0.6 is 0 Å². The van der Waals surface area contributed by atoms with Crippen LogP contribution in [-0.2, 0) is 0 Å². The fraction of sp³-hybridized carbons (Fsp3) is 0.750. The highest BCUT2D eigenvalue weighted by Crippen LogP contribution is 2.20. The standard InChI is InChI=1S/C12H23N5O2/c1-8(2)19-11-16-9(13)15-10(17-11)14-7-12(3,4)5-6-18/h8,18H,5-7H2,1-4H3,(H3,13,14,15,16,17). The third-order valence-corrected chi connectivity index (χ3v) is 2.49. The zero-order valence-corrected chi connectivity index (χ0v) is 12.0. The SMILES string of the molecule is CC(C)Oc1nc(N)nc(NCC(C)(C)CCO)n1. The summed E-state index contributed by atoms with van der Waals surface area (Å²) in [6.45, 7) is 8.64. The van der Waals surface area contributed by atoms with Crippen LogP contribution in [0.4, 0.5) is 11.9 Å². The van der Waals surface area contributed by atoms with Crippen LogP contribution in [-0.4, -0.2) is 39.3 Å². The van der Waals surface area contributed by atoms with E-state index in [0.717, 1.165) is 0 Å². The molecule has 108 valence electrons. The van der Waals surface area contributed by atoms with Gasteiger partial charge in [0.2, 0.25) is 11.9 Å². The van der Waals surface area contributed by atoms with E-state index in [2.05, 4.69) is 20.3 Å². The monoisotopic (exact) mass is 269 g/mol. The number of aliphatic hydroxyl groups is 1. The summed E-state index contributed by atoms with van der Waals surface area (Å²) < 4.78 is 5.39. The van der Waals surface area contributed by atoms with E-state index in [1.807, 2.05) is 27.7 Å². The number of nitrogens with zero attached hydrogens (tertiary/aromatic N) is 3. The number of rotatable bonds is 7. The highest BCUT2D eigenvalue weighted by molar-refractivity contribution is 5.32. The second kappa shape index (κ2) is 6.51. The predicted molar refractivity (Wildman–Crippen MR) is 74.0 cm³/mol. The third-order valence-electron chi connectivity index (χ3n) is 2.49. The van der Waals surface area contributed by atoms with Crippen LogP contribution < -0.4 is 15.8 Å². The first-order valence-corrected chi connectivity index (χ1v) is 6.35. The Labute approximate surface area is 113 Å².